The number of nitrogens with zero attached hydrogens (tertiary/aromatic N) is 3. The number of benzene rings is 1. The van der Waals surface area contributed by atoms with E-state index in [1.807, 2.05) is 19.1 Å². The van der Waals surface area contributed by atoms with Gasteiger partial charge in [-0.25, -0.2) is 13.4 Å². The van der Waals surface area contributed by atoms with Crippen molar-refractivity contribution in [2.75, 3.05) is 11.4 Å². The highest BCUT2D eigenvalue weighted by Crippen LogP contribution is 2.36. The highest BCUT2D eigenvalue weighted by molar-refractivity contribution is 7.91. The molecule has 1 amide bonds. The number of carbonyl (C=O) groups excluding carboxylic acids is 1. The van der Waals surface area contributed by atoms with Crippen molar-refractivity contribution in [3.05, 3.63) is 64.4 Å². The van der Waals surface area contributed by atoms with Gasteiger partial charge in [-0.3, -0.25) is 9.69 Å². The van der Waals surface area contributed by atoms with Crippen molar-refractivity contribution >= 4 is 65.6 Å². The number of sulfonamides is 1. The summed E-state index contributed by atoms with van der Waals surface area (Å²) < 4.78 is 34.8. The summed E-state index contributed by atoms with van der Waals surface area (Å²) in [6.07, 6.45) is 3.49. The van der Waals surface area contributed by atoms with Crippen molar-refractivity contribution in [3.8, 4) is 0 Å². The number of fused-ring (bicyclic) bond motifs is 1. The third-order valence-electron chi connectivity index (χ3n) is 5.92. The first-order valence-electron chi connectivity index (χ1n) is 10.8. The summed E-state index contributed by atoms with van der Waals surface area (Å²) in [4.78, 5) is 20.3. The fourth-order valence-electron chi connectivity index (χ4n) is 4.15. The monoisotopic (exact) mass is 535 g/mol. The number of furan rings is 1. The highest BCUT2D eigenvalue weighted by Gasteiger charge is 2.41. The Labute approximate surface area is 210 Å². The van der Waals surface area contributed by atoms with Gasteiger partial charge in [-0.15, -0.1) is 11.3 Å². The van der Waals surface area contributed by atoms with Gasteiger partial charge < -0.3 is 4.42 Å². The number of hydrogen-bond acceptors (Lipinski definition) is 7. The standard InChI is InChI=1S/C23H22ClN3O4S3/c1-15-17(24)9-10-19-21(15)25-23(33-19)26(14-16-6-4-12-31-16)22(28)18-7-2-3-11-27(18)34(29,30)20-8-5-13-32-20/h4-6,8-10,12-13,18H,2-3,7,11,14H2,1H3. The van der Waals surface area contributed by atoms with Crippen LogP contribution in [0.2, 0.25) is 5.02 Å². The summed E-state index contributed by atoms with van der Waals surface area (Å²) in [6, 6.07) is 9.72. The molecule has 1 saturated heterocycles. The summed E-state index contributed by atoms with van der Waals surface area (Å²) >= 11 is 8.83. The number of rotatable bonds is 6. The molecule has 0 bridgehead atoms. The molecule has 4 heterocycles. The van der Waals surface area contributed by atoms with Gasteiger partial charge in [0.25, 0.3) is 10.0 Å². The Hall–Kier alpha value is -2.24. The molecule has 0 aliphatic carbocycles. The van der Waals surface area contributed by atoms with E-state index in [4.69, 9.17) is 21.0 Å². The number of halogens is 1. The maximum atomic E-state index is 14.0. The van der Waals surface area contributed by atoms with E-state index in [0.717, 1.165) is 33.5 Å². The number of anilines is 1. The lowest BCUT2D eigenvalue weighted by molar-refractivity contribution is -0.123. The molecule has 1 atom stereocenters. The normalized spacial score (nSPS) is 17.3. The third kappa shape index (κ3) is 4.29. The molecule has 1 aromatic carbocycles. The van der Waals surface area contributed by atoms with Gasteiger partial charge in [-0.2, -0.15) is 4.31 Å². The van der Waals surface area contributed by atoms with Gasteiger partial charge in [0.05, 0.1) is 23.0 Å². The van der Waals surface area contributed by atoms with E-state index in [1.54, 1.807) is 40.8 Å². The van der Waals surface area contributed by atoms with Crippen LogP contribution in [-0.4, -0.2) is 36.2 Å². The van der Waals surface area contributed by atoms with Crippen LogP contribution in [0.4, 0.5) is 5.13 Å². The van der Waals surface area contributed by atoms with Gasteiger partial charge in [0.2, 0.25) is 5.91 Å². The number of thiophene rings is 1. The number of aromatic nitrogens is 1. The summed E-state index contributed by atoms with van der Waals surface area (Å²) in [5.74, 6) is 0.282. The fourth-order valence-corrected chi connectivity index (χ4v) is 8.10. The van der Waals surface area contributed by atoms with E-state index in [1.165, 1.54) is 15.6 Å². The zero-order valence-electron chi connectivity index (χ0n) is 18.3. The molecule has 5 rings (SSSR count). The average molecular weight is 536 g/mol. The first-order valence-corrected chi connectivity index (χ1v) is 14.3. The lowest BCUT2D eigenvalue weighted by Crippen LogP contribution is -2.52. The average Bonchev–Trinajstić information content (AvgIpc) is 3.61. The third-order valence-corrected chi connectivity index (χ3v) is 10.7. The summed E-state index contributed by atoms with van der Waals surface area (Å²) in [6.45, 7) is 2.35. The van der Waals surface area contributed by atoms with Crippen molar-refractivity contribution in [1.82, 2.24) is 9.29 Å². The second-order valence-electron chi connectivity index (χ2n) is 8.08. The van der Waals surface area contributed by atoms with Gasteiger partial charge >= 0.3 is 0 Å². The molecule has 1 aliphatic rings. The van der Waals surface area contributed by atoms with Crippen LogP contribution >= 0.6 is 34.3 Å². The molecule has 3 aromatic heterocycles. The van der Waals surface area contributed by atoms with Gasteiger partial charge in [0, 0.05) is 11.6 Å². The van der Waals surface area contributed by atoms with E-state index in [2.05, 4.69) is 0 Å². The molecule has 0 saturated carbocycles. The smallest absolute Gasteiger partial charge is 0.253 e. The second-order valence-corrected chi connectivity index (χ2v) is 12.6. The van der Waals surface area contributed by atoms with Crippen LogP contribution in [0.15, 0.2) is 56.7 Å². The highest BCUT2D eigenvalue weighted by atomic mass is 35.5. The number of hydrogen-bond donors (Lipinski definition) is 0. The van der Waals surface area contributed by atoms with Crippen LogP contribution in [0.1, 0.15) is 30.6 Å². The fraction of sp³-hybridized carbons (Fsp3) is 0.304. The van der Waals surface area contributed by atoms with Gasteiger partial charge in [0.1, 0.15) is 16.0 Å². The summed E-state index contributed by atoms with van der Waals surface area (Å²) in [5, 5.41) is 2.82. The van der Waals surface area contributed by atoms with Gasteiger partial charge in [0.15, 0.2) is 5.13 Å². The number of thiazole rings is 1. The predicted octanol–water partition coefficient (Wildman–Crippen LogP) is 5.69. The number of carbonyl (C=O) groups is 1. The van der Waals surface area contributed by atoms with E-state index < -0.39 is 16.1 Å². The minimum atomic E-state index is -3.78. The molecule has 7 nitrogen and oxygen atoms in total. The van der Waals surface area contributed by atoms with Crippen molar-refractivity contribution in [3.63, 3.8) is 0 Å². The molecule has 1 fully saturated rings. The first-order chi connectivity index (χ1) is 16.4. The maximum absolute atomic E-state index is 14.0. The first kappa shape index (κ1) is 23.5. The zero-order chi connectivity index (χ0) is 23.9. The summed E-state index contributed by atoms with van der Waals surface area (Å²) in [7, 11) is -3.78. The Morgan fingerprint density at radius 3 is 2.85 bits per heavy atom. The van der Waals surface area contributed by atoms with E-state index >= 15 is 0 Å². The molecule has 1 unspecified atom stereocenters. The van der Waals surface area contributed by atoms with Crippen molar-refractivity contribution in [2.24, 2.45) is 0 Å². The SMILES string of the molecule is Cc1c(Cl)ccc2sc(N(Cc3ccco3)C(=O)C3CCCCN3S(=O)(=O)c3cccs3)nc12. The van der Waals surface area contributed by atoms with E-state index in [0.29, 0.717) is 35.3 Å². The van der Waals surface area contributed by atoms with Crippen LogP contribution < -0.4 is 4.90 Å². The Morgan fingerprint density at radius 2 is 2.12 bits per heavy atom. The molecule has 4 aromatic rings. The van der Waals surface area contributed by atoms with Crippen LogP contribution in [0.25, 0.3) is 10.2 Å². The van der Waals surface area contributed by atoms with Crippen molar-refractivity contribution in [2.45, 2.75) is 43.0 Å². The van der Waals surface area contributed by atoms with Crippen LogP contribution in [0.3, 0.4) is 0 Å². The second kappa shape index (κ2) is 9.43. The zero-order valence-corrected chi connectivity index (χ0v) is 21.5. The Bertz CT molecular complexity index is 1420. The van der Waals surface area contributed by atoms with Crippen molar-refractivity contribution in [1.29, 1.82) is 0 Å². The molecule has 178 valence electrons. The molecule has 0 spiro atoms. The van der Waals surface area contributed by atoms with E-state index in [-0.39, 0.29) is 16.7 Å². The minimum absolute atomic E-state index is 0.155. The van der Waals surface area contributed by atoms with Crippen LogP contribution in [0.5, 0.6) is 0 Å². The number of piperidine rings is 1. The van der Waals surface area contributed by atoms with Gasteiger partial charge in [-0.05, 0) is 61.0 Å². The molecule has 1 aliphatic heterocycles. The quantitative estimate of drug-likeness (QED) is 0.317. The van der Waals surface area contributed by atoms with Crippen LogP contribution in [-0.2, 0) is 21.4 Å². The Morgan fingerprint density at radius 1 is 1.26 bits per heavy atom. The van der Waals surface area contributed by atoms with E-state index in [9.17, 15) is 13.2 Å². The largest absolute Gasteiger partial charge is 0.467 e. The predicted molar refractivity (Wildman–Crippen MR) is 135 cm³/mol. The lowest BCUT2D eigenvalue weighted by atomic mass is 10.0. The van der Waals surface area contributed by atoms with Gasteiger partial charge in [-0.1, -0.05) is 35.4 Å². The topological polar surface area (TPSA) is 83.7 Å². The Kier molecular flexibility index (Phi) is 6.51. The Balaban J connectivity index is 1.55. The van der Waals surface area contributed by atoms with Crippen LogP contribution in [0, 0.1) is 6.92 Å². The molecule has 0 radical (unpaired) electrons. The molecule has 0 N–H and O–H groups in total. The lowest BCUT2D eigenvalue weighted by Gasteiger charge is -2.35. The minimum Gasteiger partial charge on any atom is -0.467 e. The maximum Gasteiger partial charge on any atom is 0.253 e. The molecule has 34 heavy (non-hydrogen) atoms. The molecule has 11 heteroatoms. The van der Waals surface area contributed by atoms with Crippen molar-refractivity contribution < 1.29 is 17.6 Å². The number of aryl methyl sites for hydroxylation is 1. The molecular weight excluding hydrogens is 514 g/mol. The summed E-state index contributed by atoms with van der Waals surface area (Å²) in [5.41, 5.74) is 1.57. The molecular formula is C23H22ClN3O4S3. The number of amides is 1.